The van der Waals surface area contributed by atoms with Gasteiger partial charge in [-0.05, 0) is 12.8 Å². The highest BCUT2D eigenvalue weighted by Gasteiger charge is 2.02. The molecule has 0 bridgehead atoms. The minimum atomic E-state index is -0.779. The third kappa shape index (κ3) is 9.88. The van der Waals surface area contributed by atoms with Crippen molar-refractivity contribution in [1.29, 1.82) is 0 Å². The zero-order chi connectivity index (χ0) is 10.8. The largest absolute Gasteiger partial charge is 0.481 e. The Hall–Kier alpha value is -0.200. The minimum Gasteiger partial charge on any atom is -0.481 e. The lowest BCUT2D eigenvalue weighted by molar-refractivity contribution is -0.137. The lowest BCUT2D eigenvalue weighted by atomic mass is 10.3. The van der Waals surface area contributed by atoms with Crippen LogP contribution in [0.3, 0.4) is 0 Å². The van der Waals surface area contributed by atoms with Crippen LogP contribution in [-0.2, 0) is 4.79 Å². The van der Waals surface area contributed by atoms with Crippen LogP contribution in [0.25, 0.3) is 0 Å². The summed E-state index contributed by atoms with van der Waals surface area (Å²) in [5.41, 5.74) is 5.24. The predicted molar refractivity (Wildman–Crippen MR) is 60.9 cm³/mol. The summed E-state index contributed by atoms with van der Waals surface area (Å²) in [7, 11) is 0. The number of carboxylic acids is 1. The predicted octanol–water partition coefficient (Wildman–Crippen LogP) is 1.79. The van der Waals surface area contributed by atoms with Crippen molar-refractivity contribution in [2.45, 2.75) is 19.3 Å². The van der Waals surface area contributed by atoms with Crippen LogP contribution in [0.5, 0.6) is 0 Å². The van der Waals surface area contributed by atoms with Crippen LogP contribution in [0.15, 0.2) is 0 Å². The quantitative estimate of drug-likeness (QED) is 0.657. The van der Waals surface area contributed by atoms with Crippen LogP contribution in [0.4, 0.5) is 4.79 Å². The Morgan fingerprint density at radius 1 is 1.14 bits per heavy atom. The first-order valence-corrected chi connectivity index (χ1v) is 6.35. The molecule has 6 heteroatoms. The van der Waals surface area contributed by atoms with E-state index in [-0.39, 0.29) is 10.9 Å². The molecule has 0 unspecified atom stereocenters. The molecule has 0 heterocycles. The summed E-state index contributed by atoms with van der Waals surface area (Å²) in [6.45, 7) is 0.510. The van der Waals surface area contributed by atoms with Crippen LogP contribution in [0.1, 0.15) is 19.3 Å². The van der Waals surface area contributed by atoms with E-state index >= 15 is 0 Å². The highest BCUT2D eigenvalue weighted by molar-refractivity contribution is 8.38. The van der Waals surface area contributed by atoms with Gasteiger partial charge in [-0.15, -0.1) is 0 Å². The maximum absolute atomic E-state index is 11.1. The van der Waals surface area contributed by atoms with E-state index in [0.717, 1.165) is 6.42 Å². The van der Waals surface area contributed by atoms with E-state index in [1.807, 2.05) is 0 Å². The Balaban J connectivity index is 3.19. The van der Waals surface area contributed by atoms with Crippen LogP contribution >= 0.6 is 23.5 Å². The minimum absolute atomic E-state index is 0.0748. The molecule has 4 nitrogen and oxygen atoms in total. The highest BCUT2D eigenvalue weighted by Crippen LogP contribution is 2.17. The van der Waals surface area contributed by atoms with E-state index in [1.165, 1.54) is 23.5 Å². The fourth-order valence-corrected chi connectivity index (χ4v) is 2.35. The number of nitrogens with two attached hydrogens (primary N) is 1. The Morgan fingerprint density at radius 2 is 1.79 bits per heavy atom. The standard InChI is InChI=1S/C8H15NO3S2/c9-4-6-14-8(12)13-5-2-1-3-7(10)11/h1-6,9H2,(H,10,11). The van der Waals surface area contributed by atoms with Crippen molar-refractivity contribution in [3.8, 4) is 0 Å². The first kappa shape index (κ1) is 13.8. The third-order valence-corrected chi connectivity index (χ3v) is 3.45. The lowest BCUT2D eigenvalue weighted by Crippen LogP contribution is -2.02. The molecule has 0 aromatic heterocycles. The summed E-state index contributed by atoms with van der Waals surface area (Å²) in [4.78, 5) is 21.2. The first-order valence-electron chi connectivity index (χ1n) is 4.38. The van der Waals surface area contributed by atoms with Crippen LogP contribution < -0.4 is 5.73 Å². The van der Waals surface area contributed by atoms with Gasteiger partial charge in [0.15, 0.2) is 0 Å². The number of aliphatic carboxylic acids is 1. The number of thioether (sulfide) groups is 2. The van der Waals surface area contributed by atoms with Crippen LogP contribution in [-0.4, -0.2) is 33.6 Å². The Kier molecular flexibility index (Phi) is 9.23. The van der Waals surface area contributed by atoms with Gasteiger partial charge in [0.05, 0.1) is 0 Å². The molecule has 0 saturated heterocycles. The van der Waals surface area contributed by atoms with E-state index in [0.29, 0.717) is 24.5 Å². The first-order chi connectivity index (χ1) is 6.66. The number of hydrogen-bond donors (Lipinski definition) is 2. The number of unbranched alkanes of at least 4 members (excludes halogenated alkanes) is 1. The second-order valence-corrected chi connectivity index (χ2v) is 4.98. The zero-order valence-corrected chi connectivity index (χ0v) is 9.53. The van der Waals surface area contributed by atoms with E-state index in [9.17, 15) is 9.59 Å². The average Bonchev–Trinajstić information content (AvgIpc) is 2.13. The molecule has 0 fully saturated rings. The van der Waals surface area contributed by atoms with Gasteiger partial charge in [0.1, 0.15) is 0 Å². The van der Waals surface area contributed by atoms with Gasteiger partial charge in [-0.1, -0.05) is 23.5 Å². The molecule has 0 aliphatic carbocycles. The molecule has 0 atom stereocenters. The molecule has 0 amide bonds. The molecular formula is C8H15NO3S2. The number of carbonyl (C=O) groups excluding carboxylic acids is 1. The molecule has 0 radical (unpaired) electrons. The lowest BCUT2D eigenvalue weighted by Gasteiger charge is -1.98. The molecule has 0 aliphatic rings. The molecular weight excluding hydrogens is 222 g/mol. The van der Waals surface area contributed by atoms with E-state index in [4.69, 9.17) is 10.8 Å². The van der Waals surface area contributed by atoms with Crippen molar-refractivity contribution in [3.05, 3.63) is 0 Å². The van der Waals surface area contributed by atoms with Gasteiger partial charge in [0, 0.05) is 24.5 Å². The summed E-state index contributed by atoms with van der Waals surface area (Å²) < 4.78 is 0.0748. The molecule has 3 N–H and O–H groups in total. The monoisotopic (exact) mass is 237 g/mol. The summed E-state index contributed by atoms with van der Waals surface area (Å²) in [6, 6.07) is 0. The number of carboxylic acid groups (broad SMARTS) is 1. The normalized spacial score (nSPS) is 10.1. The molecule has 14 heavy (non-hydrogen) atoms. The second-order valence-electron chi connectivity index (χ2n) is 2.59. The van der Waals surface area contributed by atoms with Crippen LogP contribution in [0, 0.1) is 0 Å². The van der Waals surface area contributed by atoms with E-state index < -0.39 is 5.97 Å². The zero-order valence-electron chi connectivity index (χ0n) is 7.90. The summed E-state index contributed by atoms with van der Waals surface area (Å²) in [5.74, 6) is 0.573. The van der Waals surface area contributed by atoms with Gasteiger partial charge in [-0.25, -0.2) is 0 Å². The van der Waals surface area contributed by atoms with Gasteiger partial charge < -0.3 is 10.8 Å². The third-order valence-electron chi connectivity index (χ3n) is 1.34. The molecule has 0 saturated carbocycles. The van der Waals surface area contributed by atoms with Gasteiger partial charge in [0.2, 0.25) is 4.45 Å². The number of hydrogen-bond acceptors (Lipinski definition) is 5. The van der Waals surface area contributed by atoms with Gasteiger partial charge >= 0.3 is 5.97 Å². The maximum atomic E-state index is 11.1. The molecule has 82 valence electrons. The van der Waals surface area contributed by atoms with Gasteiger partial charge in [0.25, 0.3) is 0 Å². The fraction of sp³-hybridized carbons (Fsp3) is 0.750. The Bertz CT molecular complexity index is 187. The summed E-state index contributed by atoms with van der Waals surface area (Å²) >= 11 is 2.47. The van der Waals surface area contributed by atoms with Crippen molar-refractivity contribution in [3.63, 3.8) is 0 Å². The van der Waals surface area contributed by atoms with Crippen molar-refractivity contribution < 1.29 is 14.7 Å². The number of carbonyl (C=O) groups is 2. The Morgan fingerprint density at radius 3 is 2.36 bits per heavy atom. The summed E-state index contributed by atoms with van der Waals surface area (Å²) in [6.07, 6.45) is 1.59. The van der Waals surface area contributed by atoms with E-state index in [2.05, 4.69) is 0 Å². The SMILES string of the molecule is NCCSC(=O)SCCCCC(=O)O. The van der Waals surface area contributed by atoms with Crippen molar-refractivity contribution in [1.82, 2.24) is 0 Å². The molecule has 0 aliphatic heterocycles. The molecule has 0 rings (SSSR count). The topological polar surface area (TPSA) is 80.4 Å². The molecule has 0 spiro atoms. The fourth-order valence-electron chi connectivity index (χ4n) is 0.718. The molecule has 0 aromatic carbocycles. The maximum Gasteiger partial charge on any atom is 0.303 e. The highest BCUT2D eigenvalue weighted by atomic mass is 32.2. The van der Waals surface area contributed by atoms with Gasteiger partial charge in [-0.3, -0.25) is 9.59 Å². The van der Waals surface area contributed by atoms with Crippen LogP contribution in [0.2, 0.25) is 0 Å². The number of rotatable bonds is 7. The molecule has 0 aromatic rings. The van der Waals surface area contributed by atoms with Gasteiger partial charge in [-0.2, -0.15) is 0 Å². The summed E-state index contributed by atoms with van der Waals surface area (Å²) in [5, 5.41) is 8.35. The smallest absolute Gasteiger partial charge is 0.303 e. The van der Waals surface area contributed by atoms with Crippen molar-refractivity contribution >= 4 is 33.9 Å². The van der Waals surface area contributed by atoms with E-state index in [1.54, 1.807) is 0 Å². The average molecular weight is 237 g/mol. The Labute approximate surface area is 92.0 Å². The van der Waals surface area contributed by atoms with Crippen molar-refractivity contribution in [2.24, 2.45) is 5.73 Å². The second kappa shape index (κ2) is 9.36. The van der Waals surface area contributed by atoms with Crippen molar-refractivity contribution in [2.75, 3.05) is 18.1 Å².